The standard InChI is InChI=1S/C20H32N2O2/c1-2-3-4-5-6-7-8-12-16-21-19(23)20(24)22-17-15-18-13-10-9-11-14-18/h9-11,13-14H,2-8,12,15-17H2,1H3,(H,21,23)(H,22,24). The molecular formula is C20H32N2O2. The van der Waals surface area contributed by atoms with Crippen LogP contribution in [-0.4, -0.2) is 24.9 Å². The van der Waals surface area contributed by atoms with E-state index in [-0.39, 0.29) is 0 Å². The second-order valence-electron chi connectivity index (χ2n) is 6.22. The van der Waals surface area contributed by atoms with Gasteiger partial charge in [0.1, 0.15) is 0 Å². The Labute approximate surface area is 146 Å². The predicted molar refractivity (Wildman–Crippen MR) is 98.8 cm³/mol. The number of unbranched alkanes of at least 4 members (excludes halogenated alkanes) is 7. The van der Waals surface area contributed by atoms with Crippen molar-refractivity contribution in [2.75, 3.05) is 13.1 Å². The van der Waals surface area contributed by atoms with Crippen molar-refractivity contribution in [3.05, 3.63) is 35.9 Å². The Kier molecular flexibility index (Phi) is 11.4. The minimum absolute atomic E-state index is 0.480. The van der Waals surface area contributed by atoms with Crippen LogP contribution in [0.2, 0.25) is 0 Å². The summed E-state index contributed by atoms with van der Waals surface area (Å²) in [6, 6.07) is 9.91. The van der Waals surface area contributed by atoms with Crippen LogP contribution in [0, 0.1) is 0 Å². The SMILES string of the molecule is CCCCCCCCCCNC(=O)C(=O)NCCc1ccccc1. The Morgan fingerprint density at radius 2 is 1.29 bits per heavy atom. The Morgan fingerprint density at radius 3 is 1.92 bits per heavy atom. The van der Waals surface area contributed by atoms with Crippen LogP contribution >= 0.6 is 0 Å². The van der Waals surface area contributed by atoms with Gasteiger partial charge in [-0.3, -0.25) is 9.59 Å². The summed E-state index contributed by atoms with van der Waals surface area (Å²) in [5.74, 6) is -1.06. The third-order valence-corrected chi connectivity index (χ3v) is 4.06. The molecular weight excluding hydrogens is 300 g/mol. The number of nitrogens with one attached hydrogen (secondary N) is 2. The molecule has 0 bridgehead atoms. The molecule has 0 spiro atoms. The van der Waals surface area contributed by atoms with Crippen molar-refractivity contribution in [3.63, 3.8) is 0 Å². The fourth-order valence-electron chi connectivity index (χ4n) is 2.59. The lowest BCUT2D eigenvalue weighted by atomic mass is 10.1. The predicted octanol–water partition coefficient (Wildman–Crippen LogP) is 3.60. The molecule has 0 saturated heterocycles. The molecule has 0 atom stereocenters. The highest BCUT2D eigenvalue weighted by Gasteiger charge is 2.11. The van der Waals surface area contributed by atoms with Crippen molar-refractivity contribution in [1.82, 2.24) is 10.6 Å². The van der Waals surface area contributed by atoms with Gasteiger partial charge < -0.3 is 10.6 Å². The summed E-state index contributed by atoms with van der Waals surface area (Å²) in [5, 5.41) is 5.35. The highest BCUT2D eigenvalue weighted by molar-refractivity contribution is 6.35. The zero-order valence-corrected chi connectivity index (χ0v) is 15.0. The zero-order chi connectivity index (χ0) is 17.5. The zero-order valence-electron chi connectivity index (χ0n) is 15.0. The first-order chi connectivity index (χ1) is 11.7. The molecule has 0 aliphatic heterocycles. The molecule has 134 valence electrons. The summed E-state index contributed by atoms with van der Waals surface area (Å²) in [6.07, 6.45) is 10.5. The van der Waals surface area contributed by atoms with Gasteiger partial charge in [-0.15, -0.1) is 0 Å². The van der Waals surface area contributed by atoms with E-state index in [0.29, 0.717) is 13.1 Å². The summed E-state index contributed by atoms with van der Waals surface area (Å²) >= 11 is 0. The van der Waals surface area contributed by atoms with E-state index >= 15 is 0 Å². The van der Waals surface area contributed by atoms with Crippen LogP contribution in [0.3, 0.4) is 0 Å². The largest absolute Gasteiger partial charge is 0.348 e. The van der Waals surface area contributed by atoms with Gasteiger partial charge in [0.2, 0.25) is 0 Å². The Morgan fingerprint density at radius 1 is 0.750 bits per heavy atom. The average molecular weight is 332 g/mol. The molecule has 0 radical (unpaired) electrons. The van der Waals surface area contributed by atoms with E-state index in [4.69, 9.17) is 0 Å². The van der Waals surface area contributed by atoms with Gasteiger partial charge in [0.05, 0.1) is 0 Å². The van der Waals surface area contributed by atoms with Gasteiger partial charge >= 0.3 is 11.8 Å². The molecule has 2 amide bonds. The van der Waals surface area contributed by atoms with Crippen LogP contribution in [0.15, 0.2) is 30.3 Å². The third kappa shape index (κ3) is 10.0. The fourth-order valence-corrected chi connectivity index (χ4v) is 2.59. The van der Waals surface area contributed by atoms with Crippen molar-refractivity contribution in [3.8, 4) is 0 Å². The van der Waals surface area contributed by atoms with Crippen molar-refractivity contribution < 1.29 is 9.59 Å². The molecule has 1 aromatic carbocycles. The quantitative estimate of drug-likeness (QED) is 0.454. The summed E-state index contributed by atoms with van der Waals surface area (Å²) in [7, 11) is 0. The van der Waals surface area contributed by atoms with Gasteiger partial charge in [0, 0.05) is 13.1 Å². The van der Waals surface area contributed by atoms with Crippen LogP contribution < -0.4 is 10.6 Å². The Balaban J connectivity index is 1.97. The maximum Gasteiger partial charge on any atom is 0.309 e. The highest BCUT2D eigenvalue weighted by Crippen LogP contribution is 2.07. The van der Waals surface area contributed by atoms with Gasteiger partial charge in [-0.25, -0.2) is 0 Å². The van der Waals surface area contributed by atoms with Gasteiger partial charge in [-0.1, -0.05) is 82.2 Å². The van der Waals surface area contributed by atoms with E-state index in [1.54, 1.807) is 0 Å². The van der Waals surface area contributed by atoms with E-state index in [1.807, 2.05) is 30.3 Å². The van der Waals surface area contributed by atoms with E-state index in [2.05, 4.69) is 17.6 Å². The molecule has 0 aromatic heterocycles. The molecule has 1 rings (SSSR count). The molecule has 24 heavy (non-hydrogen) atoms. The number of carbonyl (C=O) groups is 2. The van der Waals surface area contributed by atoms with Gasteiger partial charge in [0.15, 0.2) is 0 Å². The molecule has 0 fully saturated rings. The Bertz CT molecular complexity index is 460. The van der Waals surface area contributed by atoms with Crippen LogP contribution in [-0.2, 0) is 16.0 Å². The molecule has 0 aliphatic carbocycles. The Hall–Kier alpha value is -1.84. The van der Waals surface area contributed by atoms with Gasteiger partial charge in [-0.05, 0) is 18.4 Å². The number of hydrogen-bond acceptors (Lipinski definition) is 2. The summed E-state index contributed by atoms with van der Waals surface area (Å²) in [6.45, 7) is 3.29. The molecule has 4 nitrogen and oxygen atoms in total. The van der Waals surface area contributed by atoms with Gasteiger partial charge in [-0.2, -0.15) is 0 Å². The minimum atomic E-state index is -0.537. The van der Waals surface area contributed by atoms with E-state index in [9.17, 15) is 9.59 Å². The first-order valence-corrected chi connectivity index (χ1v) is 9.34. The third-order valence-electron chi connectivity index (χ3n) is 4.06. The van der Waals surface area contributed by atoms with E-state index < -0.39 is 11.8 Å². The van der Waals surface area contributed by atoms with Crippen LogP contribution in [0.1, 0.15) is 63.9 Å². The topological polar surface area (TPSA) is 58.2 Å². The maximum absolute atomic E-state index is 11.7. The van der Waals surface area contributed by atoms with E-state index in [0.717, 1.165) is 24.8 Å². The van der Waals surface area contributed by atoms with E-state index in [1.165, 1.54) is 38.5 Å². The summed E-state index contributed by atoms with van der Waals surface area (Å²) in [5.41, 5.74) is 1.15. The molecule has 0 aliphatic rings. The van der Waals surface area contributed by atoms with Crippen molar-refractivity contribution in [2.45, 2.75) is 64.7 Å². The average Bonchev–Trinajstić information content (AvgIpc) is 2.61. The monoisotopic (exact) mass is 332 g/mol. The molecule has 0 saturated carbocycles. The normalized spacial score (nSPS) is 10.4. The fraction of sp³-hybridized carbons (Fsp3) is 0.600. The molecule has 1 aromatic rings. The molecule has 4 heteroatoms. The number of rotatable bonds is 12. The molecule has 2 N–H and O–H groups in total. The lowest BCUT2D eigenvalue weighted by molar-refractivity contribution is -0.139. The number of carbonyl (C=O) groups excluding carboxylic acids is 2. The first kappa shape index (κ1) is 20.2. The minimum Gasteiger partial charge on any atom is -0.348 e. The molecule has 0 unspecified atom stereocenters. The van der Waals surface area contributed by atoms with Crippen LogP contribution in [0.5, 0.6) is 0 Å². The van der Waals surface area contributed by atoms with Gasteiger partial charge in [0.25, 0.3) is 0 Å². The number of amides is 2. The van der Waals surface area contributed by atoms with Crippen LogP contribution in [0.25, 0.3) is 0 Å². The summed E-state index contributed by atoms with van der Waals surface area (Å²) < 4.78 is 0. The highest BCUT2D eigenvalue weighted by atomic mass is 16.2. The molecule has 0 heterocycles. The van der Waals surface area contributed by atoms with Crippen molar-refractivity contribution >= 4 is 11.8 Å². The second kappa shape index (κ2) is 13.6. The first-order valence-electron chi connectivity index (χ1n) is 9.34. The summed E-state index contributed by atoms with van der Waals surface area (Å²) in [4.78, 5) is 23.3. The number of hydrogen-bond donors (Lipinski definition) is 2. The second-order valence-corrected chi connectivity index (χ2v) is 6.22. The smallest absolute Gasteiger partial charge is 0.309 e. The lowest BCUT2D eigenvalue weighted by Crippen LogP contribution is -2.40. The van der Waals surface area contributed by atoms with Crippen LogP contribution in [0.4, 0.5) is 0 Å². The lowest BCUT2D eigenvalue weighted by Gasteiger charge is -2.07. The van der Waals surface area contributed by atoms with Crippen molar-refractivity contribution in [2.24, 2.45) is 0 Å². The maximum atomic E-state index is 11.7. The number of benzene rings is 1. The van der Waals surface area contributed by atoms with Crippen molar-refractivity contribution in [1.29, 1.82) is 0 Å².